The molecule has 3 amide bonds. The van der Waals surface area contributed by atoms with Gasteiger partial charge in [-0.2, -0.15) is 0 Å². The third-order valence-electron chi connectivity index (χ3n) is 8.28. The fraction of sp³-hybridized carbons (Fsp3) is 0.515. The third-order valence-corrected chi connectivity index (χ3v) is 8.28. The van der Waals surface area contributed by atoms with Gasteiger partial charge in [-0.3, -0.25) is 14.6 Å². The Morgan fingerprint density at radius 2 is 1.69 bits per heavy atom. The number of hydrogen-bond donors (Lipinski definition) is 0. The average Bonchev–Trinajstić information content (AvgIpc) is 3.03. The molecule has 0 saturated carbocycles. The second-order valence-corrected chi connectivity index (χ2v) is 12.4. The summed E-state index contributed by atoms with van der Waals surface area (Å²) >= 11 is 0. The molecule has 3 aliphatic heterocycles. The highest BCUT2D eigenvalue weighted by atomic mass is 16.6. The van der Waals surface area contributed by atoms with E-state index in [2.05, 4.69) is 0 Å². The number of nitrogens with zero attached hydrogens (tertiary/aromatic N) is 3. The molecule has 0 bridgehead atoms. The molecule has 0 spiro atoms. The van der Waals surface area contributed by atoms with Crippen LogP contribution in [0.2, 0.25) is 0 Å². The van der Waals surface area contributed by atoms with Gasteiger partial charge in [0.15, 0.2) is 0 Å². The number of carbonyl (C=O) groups is 4. The Bertz CT molecular complexity index is 1430. The van der Waals surface area contributed by atoms with E-state index in [0.717, 1.165) is 11.3 Å². The quantitative estimate of drug-likeness (QED) is 0.330. The number of hydrogen-bond acceptors (Lipinski definition) is 9. The number of carbonyl (C=O) groups excluding carboxylic acids is 4. The summed E-state index contributed by atoms with van der Waals surface area (Å²) in [5.41, 5.74) is 1.53. The van der Waals surface area contributed by atoms with Crippen LogP contribution in [0.25, 0.3) is 0 Å². The predicted octanol–water partition coefficient (Wildman–Crippen LogP) is 4.78. The van der Waals surface area contributed by atoms with E-state index in [1.165, 1.54) is 19.1 Å². The number of esters is 1. The molecule has 0 radical (unpaired) electrons. The van der Waals surface area contributed by atoms with Crippen LogP contribution >= 0.6 is 0 Å². The van der Waals surface area contributed by atoms with Gasteiger partial charge >= 0.3 is 18.2 Å². The molecule has 2 unspecified atom stereocenters. The van der Waals surface area contributed by atoms with E-state index in [-0.39, 0.29) is 43.7 Å². The van der Waals surface area contributed by atoms with Crippen LogP contribution in [0.4, 0.5) is 15.3 Å². The van der Waals surface area contributed by atoms with Gasteiger partial charge in [-0.1, -0.05) is 18.2 Å². The van der Waals surface area contributed by atoms with Crippen molar-refractivity contribution in [3.63, 3.8) is 0 Å². The molecule has 2 aromatic rings. The monoisotopic (exact) mass is 623 g/mol. The van der Waals surface area contributed by atoms with Crippen molar-refractivity contribution < 1.29 is 42.9 Å². The molecule has 45 heavy (non-hydrogen) atoms. The lowest BCUT2D eigenvalue weighted by molar-refractivity contribution is -0.149. The summed E-state index contributed by atoms with van der Waals surface area (Å²) in [6, 6.07) is 11.8. The Labute approximate surface area is 263 Å². The molecule has 3 heterocycles. The van der Waals surface area contributed by atoms with Gasteiger partial charge in [0.2, 0.25) is 0 Å². The molecule has 3 aliphatic rings. The van der Waals surface area contributed by atoms with Crippen LogP contribution in [0.1, 0.15) is 62.4 Å². The van der Waals surface area contributed by atoms with E-state index < -0.39 is 23.7 Å². The SMILES string of the molecule is COC(=O)C1CC(Oc2ccc(C(=O)N3CCC(N4C(=O)OCc5ccccc54)CC3)c(OC)c2)CCN1C(=O)OC(C)(C)C. The standard InChI is InChI=1S/C33H41N3O9/c1-33(2,3)45-31(39)35-17-14-24(18-27(35)30(38)42-5)44-23-10-11-25(28(19-23)41-4)29(37)34-15-12-22(13-16-34)36-26-9-7-6-8-21(26)20-43-32(36)40/h6-11,19,22,24,27H,12-18,20H2,1-5H3. The molecule has 242 valence electrons. The van der Waals surface area contributed by atoms with Gasteiger partial charge < -0.3 is 28.6 Å². The Balaban J connectivity index is 1.22. The molecule has 2 fully saturated rings. The van der Waals surface area contributed by atoms with Crippen LogP contribution in [-0.4, -0.2) is 91.5 Å². The van der Waals surface area contributed by atoms with Crippen molar-refractivity contribution >= 4 is 29.8 Å². The van der Waals surface area contributed by atoms with E-state index >= 15 is 0 Å². The average molecular weight is 624 g/mol. The van der Waals surface area contributed by atoms with Crippen LogP contribution < -0.4 is 14.4 Å². The number of methoxy groups -OCH3 is 2. The highest BCUT2D eigenvalue weighted by molar-refractivity contribution is 5.97. The van der Waals surface area contributed by atoms with Gasteiger partial charge in [0.1, 0.15) is 35.9 Å². The molecule has 0 aromatic heterocycles. The molecule has 2 aromatic carbocycles. The van der Waals surface area contributed by atoms with Gasteiger partial charge in [0, 0.05) is 50.1 Å². The van der Waals surface area contributed by atoms with Crippen molar-refractivity contribution in [2.45, 2.75) is 76.9 Å². The van der Waals surface area contributed by atoms with Crippen LogP contribution in [-0.2, 0) is 25.6 Å². The first-order valence-corrected chi connectivity index (χ1v) is 15.2. The minimum Gasteiger partial charge on any atom is -0.496 e. The smallest absolute Gasteiger partial charge is 0.414 e. The van der Waals surface area contributed by atoms with E-state index in [9.17, 15) is 19.2 Å². The lowest BCUT2D eigenvalue weighted by atomic mass is 9.99. The van der Waals surface area contributed by atoms with Gasteiger partial charge in [-0.15, -0.1) is 0 Å². The van der Waals surface area contributed by atoms with Gasteiger partial charge in [-0.25, -0.2) is 14.4 Å². The van der Waals surface area contributed by atoms with E-state index in [1.54, 1.807) is 48.8 Å². The number of rotatable bonds is 6. The Hall–Kier alpha value is -4.48. The van der Waals surface area contributed by atoms with Crippen molar-refractivity contribution in [2.24, 2.45) is 0 Å². The lowest BCUT2D eigenvalue weighted by Gasteiger charge is -2.40. The number of cyclic esters (lactones) is 1. The summed E-state index contributed by atoms with van der Waals surface area (Å²) in [5.74, 6) is 0.125. The summed E-state index contributed by atoms with van der Waals surface area (Å²) < 4.78 is 27.7. The number of likely N-dealkylation sites (tertiary alicyclic amines) is 2. The lowest BCUT2D eigenvalue weighted by Crippen LogP contribution is -2.53. The zero-order valence-corrected chi connectivity index (χ0v) is 26.4. The largest absolute Gasteiger partial charge is 0.496 e. The van der Waals surface area contributed by atoms with Crippen LogP contribution in [0, 0.1) is 0 Å². The molecule has 5 rings (SSSR count). The zero-order chi connectivity index (χ0) is 32.3. The van der Waals surface area contributed by atoms with Gasteiger partial charge in [0.05, 0.1) is 25.5 Å². The fourth-order valence-corrected chi connectivity index (χ4v) is 6.07. The van der Waals surface area contributed by atoms with Gasteiger partial charge in [0.25, 0.3) is 5.91 Å². The van der Waals surface area contributed by atoms with Gasteiger partial charge in [-0.05, 0) is 51.8 Å². The number of amides is 3. The first-order chi connectivity index (χ1) is 21.5. The summed E-state index contributed by atoms with van der Waals surface area (Å²) in [6.07, 6.45) is 0.599. The highest BCUT2D eigenvalue weighted by Crippen LogP contribution is 2.34. The number of fused-ring (bicyclic) bond motifs is 1. The molecular weight excluding hydrogens is 582 g/mol. The maximum absolute atomic E-state index is 13.6. The van der Waals surface area contributed by atoms with Crippen molar-refractivity contribution in [3.05, 3.63) is 53.6 Å². The first kappa shape index (κ1) is 31.9. The van der Waals surface area contributed by atoms with Crippen LogP contribution in [0.15, 0.2) is 42.5 Å². The maximum atomic E-state index is 13.6. The predicted molar refractivity (Wildman–Crippen MR) is 163 cm³/mol. The number of anilines is 1. The van der Waals surface area contributed by atoms with E-state index in [4.69, 9.17) is 23.7 Å². The summed E-state index contributed by atoms with van der Waals surface area (Å²) in [5, 5.41) is 0. The molecule has 12 nitrogen and oxygen atoms in total. The second kappa shape index (κ2) is 13.3. The maximum Gasteiger partial charge on any atom is 0.414 e. The molecular formula is C33H41N3O9. The summed E-state index contributed by atoms with van der Waals surface area (Å²) in [4.78, 5) is 56.5. The highest BCUT2D eigenvalue weighted by Gasteiger charge is 2.40. The fourth-order valence-electron chi connectivity index (χ4n) is 6.07. The minimum absolute atomic E-state index is 0.0729. The zero-order valence-electron chi connectivity index (χ0n) is 26.4. The van der Waals surface area contributed by atoms with E-state index in [0.29, 0.717) is 49.4 Å². The first-order valence-electron chi connectivity index (χ1n) is 15.2. The number of benzene rings is 2. The second-order valence-electron chi connectivity index (χ2n) is 12.4. The van der Waals surface area contributed by atoms with Crippen molar-refractivity contribution in [1.29, 1.82) is 0 Å². The Kier molecular flexibility index (Phi) is 9.40. The van der Waals surface area contributed by atoms with E-state index in [1.807, 2.05) is 24.3 Å². The third kappa shape index (κ3) is 7.10. The van der Waals surface area contributed by atoms with Crippen molar-refractivity contribution in [2.75, 3.05) is 38.8 Å². The number of ether oxygens (including phenoxy) is 5. The minimum atomic E-state index is -0.852. The molecule has 12 heteroatoms. The number of para-hydroxylation sites is 1. The summed E-state index contributed by atoms with van der Waals surface area (Å²) in [7, 11) is 2.78. The van der Waals surface area contributed by atoms with Crippen LogP contribution in [0.5, 0.6) is 11.5 Å². The van der Waals surface area contributed by atoms with Crippen LogP contribution in [0.3, 0.4) is 0 Å². The topological polar surface area (TPSA) is 124 Å². The number of piperidine rings is 2. The molecule has 2 atom stereocenters. The molecule has 0 N–H and O–H groups in total. The summed E-state index contributed by atoms with van der Waals surface area (Å²) in [6.45, 7) is 6.77. The molecule has 0 aliphatic carbocycles. The Morgan fingerprint density at radius 3 is 2.38 bits per heavy atom. The Morgan fingerprint density at radius 1 is 0.956 bits per heavy atom. The van der Waals surface area contributed by atoms with Crippen molar-refractivity contribution in [3.8, 4) is 11.5 Å². The van der Waals surface area contributed by atoms with Crippen molar-refractivity contribution in [1.82, 2.24) is 9.80 Å². The normalized spacial score (nSPS) is 20.6. The molecule has 2 saturated heterocycles.